The van der Waals surface area contributed by atoms with Crippen LogP contribution >= 0.6 is 0 Å². The zero-order valence-electron chi connectivity index (χ0n) is 17.8. The number of nitrogens with zero attached hydrogens (tertiary/aromatic N) is 1. The van der Waals surface area contributed by atoms with E-state index >= 15 is 0 Å². The minimum Gasteiger partial charge on any atom is -0.493 e. The van der Waals surface area contributed by atoms with Crippen LogP contribution in [0.25, 0.3) is 0 Å². The number of hydrogen-bond donors (Lipinski definition) is 1. The van der Waals surface area contributed by atoms with E-state index in [-0.39, 0.29) is 11.5 Å². The van der Waals surface area contributed by atoms with Crippen molar-refractivity contribution in [3.05, 3.63) is 47.7 Å². The number of methoxy groups -OCH3 is 2. The minimum absolute atomic E-state index is 0.180. The Balaban J connectivity index is 1.78. The summed E-state index contributed by atoms with van der Waals surface area (Å²) in [5.74, 6) is 1.63. The first-order chi connectivity index (χ1) is 13.8. The highest BCUT2D eigenvalue weighted by Crippen LogP contribution is 2.27. The van der Waals surface area contributed by atoms with Gasteiger partial charge < -0.3 is 24.3 Å². The van der Waals surface area contributed by atoms with Crippen molar-refractivity contribution in [1.29, 1.82) is 0 Å². The standard InChI is InChI=1S/C22H30N2O5/c1-22(2,3)29-13-12-28-20-9-7-17(15-24-20)21(25)23-11-10-16-6-8-18(26-4)19(14-16)27-5/h6-9,14-15H,10-13H2,1-5H3,(H,23,25). The van der Waals surface area contributed by atoms with Crippen molar-refractivity contribution < 1.29 is 23.7 Å². The fourth-order valence-electron chi connectivity index (χ4n) is 2.55. The molecule has 0 fully saturated rings. The van der Waals surface area contributed by atoms with Crippen molar-refractivity contribution >= 4 is 5.91 Å². The molecule has 0 saturated heterocycles. The SMILES string of the molecule is COc1ccc(CCNC(=O)c2ccc(OCCOC(C)(C)C)nc2)cc1OC. The number of aromatic nitrogens is 1. The van der Waals surface area contributed by atoms with E-state index < -0.39 is 0 Å². The molecule has 0 aliphatic heterocycles. The maximum absolute atomic E-state index is 12.3. The molecule has 0 bridgehead atoms. The van der Waals surface area contributed by atoms with Gasteiger partial charge in [-0.05, 0) is 51.0 Å². The lowest BCUT2D eigenvalue weighted by molar-refractivity contribution is -0.0168. The normalized spacial score (nSPS) is 11.1. The number of benzene rings is 1. The summed E-state index contributed by atoms with van der Waals surface area (Å²) in [6, 6.07) is 9.08. The van der Waals surface area contributed by atoms with Crippen LogP contribution in [0, 0.1) is 0 Å². The third-order valence-electron chi connectivity index (χ3n) is 4.01. The van der Waals surface area contributed by atoms with E-state index in [4.69, 9.17) is 18.9 Å². The van der Waals surface area contributed by atoms with Gasteiger partial charge in [-0.3, -0.25) is 4.79 Å². The van der Waals surface area contributed by atoms with E-state index in [2.05, 4.69) is 10.3 Å². The van der Waals surface area contributed by atoms with Crippen LogP contribution in [-0.4, -0.2) is 50.5 Å². The van der Waals surface area contributed by atoms with Gasteiger partial charge in [-0.1, -0.05) is 6.07 Å². The summed E-state index contributed by atoms with van der Waals surface area (Å²) in [4.78, 5) is 16.5. The van der Waals surface area contributed by atoms with Crippen molar-refractivity contribution in [3.8, 4) is 17.4 Å². The Labute approximate surface area is 172 Å². The molecule has 0 spiro atoms. The highest BCUT2D eigenvalue weighted by molar-refractivity contribution is 5.93. The minimum atomic E-state index is -0.199. The third-order valence-corrected chi connectivity index (χ3v) is 4.01. The summed E-state index contributed by atoms with van der Waals surface area (Å²) >= 11 is 0. The molecule has 0 radical (unpaired) electrons. The quantitative estimate of drug-likeness (QED) is 0.615. The highest BCUT2D eigenvalue weighted by Gasteiger charge is 2.10. The molecule has 1 aromatic heterocycles. The van der Waals surface area contributed by atoms with Gasteiger partial charge in [-0.25, -0.2) is 4.98 Å². The number of nitrogens with one attached hydrogen (secondary N) is 1. The zero-order valence-corrected chi connectivity index (χ0v) is 17.8. The van der Waals surface area contributed by atoms with Crippen molar-refractivity contribution in [2.75, 3.05) is 34.0 Å². The van der Waals surface area contributed by atoms with Crippen LogP contribution in [0.2, 0.25) is 0 Å². The van der Waals surface area contributed by atoms with Crippen LogP contribution < -0.4 is 19.5 Å². The Morgan fingerprint density at radius 3 is 2.41 bits per heavy atom. The van der Waals surface area contributed by atoms with Crippen molar-refractivity contribution in [3.63, 3.8) is 0 Å². The molecular formula is C22H30N2O5. The Hall–Kier alpha value is -2.80. The molecule has 0 aliphatic carbocycles. The van der Waals surface area contributed by atoms with Crippen LogP contribution in [0.5, 0.6) is 17.4 Å². The van der Waals surface area contributed by atoms with E-state index in [1.807, 2.05) is 39.0 Å². The molecular weight excluding hydrogens is 372 g/mol. The summed E-state index contributed by atoms with van der Waals surface area (Å²) < 4.78 is 21.6. The second-order valence-electron chi connectivity index (χ2n) is 7.39. The van der Waals surface area contributed by atoms with Crippen LogP contribution in [0.4, 0.5) is 0 Å². The summed E-state index contributed by atoms with van der Waals surface area (Å²) in [6.45, 7) is 7.35. The summed E-state index contributed by atoms with van der Waals surface area (Å²) in [5, 5.41) is 2.89. The molecule has 1 amide bonds. The smallest absolute Gasteiger partial charge is 0.252 e. The maximum atomic E-state index is 12.3. The zero-order chi connectivity index (χ0) is 21.3. The number of carbonyl (C=O) groups excluding carboxylic acids is 1. The molecule has 0 aliphatic rings. The first kappa shape index (κ1) is 22.5. The van der Waals surface area contributed by atoms with E-state index in [9.17, 15) is 4.79 Å². The van der Waals surface area contributed by atoms with Gasteiger partial charge in [-0.2, -0.15) is 0 Å². The van der Waals surface area contributed by atoms with E-state index in [0.29, 0.717) is 49.1 Å². The maximum Gasteiger partial charge on any atom is 0.252 e. The second-order valence-corrected chi connectivity index (χ2v) is 7.39. The molecule has 1 heterocycles. The van der Waals surface area contributed by atoms with Gasteiger partial charge in [-0.15, -0.1) is 0 Å². The first-order valence-electron chi connectivity index (χ1n) is 9.54. The number of carbonyl (C=O) groups is 1. The number of pyridine rings is 1. The second kappa shape index (κ2) is 10.7. The van der Waals surface area contributed by atoms with E-state index in [1.165, 1.54) is 6.20 Å². The topological polar surface area (TPSA) is 78.9 Å². The van der Waals surface area contributed by atoms with Gasteiger partial charge in [0.25, 0.3) is 5.91 Å². The van der Waals surface area contributed by atoms with Gasteiger partial charge in [0, 0.05) is 18.8 Å². The number of amides is 1. The van der Waals surface area contributed by atoms with Crippen molar-refractivity contribution in [1.82, 2.24) is 10.3 Å². The fourth-order valence-corrected chi connectivity index (χ4v) is 2.55. The Bertz CT molecular complexity index is 785. The lowest BCUT2D eigenvalue weighted by atomic mass is 10.1. The largest absolute Gasteiger partial charge is 0.493 e. The van der Waals surface area contributed by atoms with Gasteiger partial charge in [0.05, 0.1) is 32.0 Å². The van der Waals surface area contributed by atoms with Gasteiger partial charge in [0.2, 0.25) is 5.88 Å². The predicted octanol–water partition coefficient (Wildman–Crippen LogP) is 3.27. The molecule has 0 unspecified atom stereocenters. The van der Waals surface area contributed by atoms with Crippen LogP contribution in [0.1, 0.15) is 36.7 Å². The molecule has 1 aromatic carbocycles. The monoisotopic (exact) mass is 402 g/mol. The fraction of sp³-hybridized carbons (Fsp3) is 0.455. The molecule has 2 rings (SSSR count). The van der Waals surface area contributed by atoms with Gasteiger partial charge in [0.15, 0.2) is 11.5 Å². The lowest BCUT2D eigenvalue weighted by Crippen LogP contribution is -2.25. The number of ether oxygens (including phenoxy) is 4. The number of rotatable bonds is 10. The number of hydrogen-bond acceptors (Lipinski definition) is 6. The molecule has 158 valence electrons. The lowest BCUT2D eigenvalue weighted by Gasteiger charge is -2.19. The van der Waals surface area contributed by atoms with E-state index in [1.54, 1.807) is 26.4 Å². The average Bonchev–Trinajstić information content (AvgIpc) is 2.70. The van der Waals surface area contributed by atoms with Gasteiger partial charge >= 0.3 is 0 Å². The molecule has 1 N–H and O–H groups in total. The molecule has 0 atom stereocenters. The first-order valence-corrected chi connectivity index (χ1v) is 9.54. The van der Waals surface area contributed by atoms with Crippen LogP contribution in [0.3, 0.4) is 0 Å². The summed E-state index contributed by atoms with van der Waals surface area (Å²) in [7, 11) is 3.20. The predicted molar refractivity (Wildman–Crippen MR) is 111 cm³/mol. The molecule has 29 heavy (non-hydrogen) atoms. The molecule has 7 heteroatoms. The Morgan fingerprint density at radius 2 is 1.79 bits per heavy atom. The average molecular weight is 402 g/mol. The molecule has 2 aromatic rings. The Morgan fingerprint density at radius 1 is 1.03 bits per heavy atom. The van der Waals surface area contributed by atoms with Crippen LogP contribution in [-0.2, 0) is 11.2 Å². The Kier molecular flexibility index (Phi) is 8.27. The van der Waals surface area contributed by atoms with E-state index in [0.717, 1.165) is 5.56 Å². The third kappa shape index (κ3) is 7.62. The van der Waals surface area contributed by atoms with Crippen molar-refractivity contribution in [2.24, 2.45) is 0 Å². The van der Waals surface area contributed by atoms with Gasteiger partial charge in [0.1, 0.15) is 6.61 Å². The summed E-state index contributed by atoms with van der Waals surface area (Å²) in [6.07, 6.45) is 2.18. The van der Waals surface area contributed by atoms with Crippen LogP contribution in [0.15, 0.2) is 36.5 Å². The molecule has 0 saturated carbocycles. The summed E-state index contributed by atoms with van der Waals surface area (Å²) in [5.41, 5.74) is 1.33. The van der Waals surface area contributed by atoms with Crippen molar-refractivity contribution in [2.45, 2.75) is 32.8 Å². The highest BCUT2D eigenvalue weighted by atomic mass is 16.5. The molecule has 7 nitrogen and oxygen atoms in total.